The maximum atomic E-state index is 12.3. The molecule has 0 saturated carbocycles. The quantitative estimate of drug-likeness (QED) is 0.186. The fourth-order valence-corrected chi connectivity index (χ4v) is 5.62. The van der Waals surface area contributed by atoms with Gasteiger partial charge >= 0.3 is 5.97 Å². The summed E-state index contributed by atoms with van der Waals surface area (Å²) in [5, 5.41) is 17.0. The van der Waals surface area contributed by atoms with Crippen LogP contribution >= 0.6 is 0 Å². The second-order valence-corrected chi connectivity index (χ2v) is 10.5. The molecule has 2 aromatic carbocycles. The van der Waals surface area contributed by atoms with Crippen molar-refractivity contribution in [2.45, 2.75) is 16.7 Å². The molecule has 0 spiro atoms. The number of carbonyl (C=O) groups is 2. The van der Waals surface area contributed by atoms with Gasteiger partial charge in [-0.2, -0.15) is 16.8 Å². The fourth-order valence-electron chi connectivity index (χ4n) is 4.02. The molecule has 0 saturated heterocycles. The molecule has 1 aliphatic carbocycles. The van der Waals surface area contributed by atoms with Crippen molar-refractivity contribution < 1.29 is 45.1 Å². The summed E-state index contributed by atoms with van der Waals surface area (Å²) >= 11 is 0. The molecule has 0 fully saturated rings. The van der Waals surface area contributed by atoms with Crippen molar-refractivity contribution in [3.05, 3.63) is 64.5 Å². The topological polar surface area (TPSA) is 226 Å². The number of hydrogen-bond donors (Lipinski definition) is 5. The summed E-state index contributed by atoms with van der Waals surface area (Å²) in [7, 11) is -10.1. The SMILES string of the molecule is Cc1ccc2c(-c3cc(C(N)=O)ccc3C(=O)O)c3ccc(=N)c(S(=O)(=O)O)c-3oc2c1S(=O)(=O)O. The molecule has 1 amide bonds. The van der Waals surface area contributed by atoms with Gasteiger partial charge < -0.3 is 15.3 Å². The molecule has 0 aromatic heterocycles. The zero-order chi connectivity index (χ0) is 26.7. The third kappa shape index (κ3) is 4.01. The molecule has 0 bridgehead atoms. The van der Waals surface area contributed by atoms with Crippen LogP contribution in [0.1, 0.15) is 26.3 Å². The Hall–Kier alpha value is -4.11. The summed E-state index contributed by atoms with van der Waals surface area (Å²) in [5.74, 6) is -3.04. The Balaban J connectivity index is 2.41. The van der Waals surface area contributed by atoms with Crippen molar-refractivity contribution in [2.24, 2.45) is 5.73 Å². The number of benzene rings is 3. The molecule has 12 nitrogen and oxygen atoms in total. The van der Waals surface area contributed by atoms with Gasteiger partial charge in [-0.3, -0.25) is 19.3 Å². The molecule has 4 rings (SSSR count). The third-order valence-electron chi connectivity index (χ3n) is 5.48. The van der Waals surface area contributed by atoms with Gasteiger partial charge in [0.25, 0.3) is 20.2 Å². The van der Waals surface area contributed by atoms with Crippen LogP contribution in [0, 0.1) is 12.3 Å². The van der Waals surface area contributed by atoms with Crippen molar-refractivity contribution in [1.29, 1.82) is 5.41 Å². The predicted molar refractivity (Wildman–Crippen MR) is 124 cm³/mol. The maximum absolute atomic E-state index is 12.3. The van der Waals surface area contributed by atoms with Gasteiger partial charge in [-0.1, -0.05) is 12.1 Å². The zero-order valence-corrected chi connectivity index (χ0v) is 19.8. The molecule has 1 aliphatic heterocycles. The van der Waals surface area contributed by atoms with Crippen LogP contribution < -0.4 is 11.1 Å². The van der Waals surface area contributed by atoms with E-state index in [1.807, 2.05) is 0 Å². The lowest BCUT2D eigenvalue weighted by molar-refractivity contribution is 0.0697. The van der Waals surface area contributed by atoms with Gasteiger partial charge in [-0.05, 0) is 48.4 Å². The maximum Gasteiger partial charge on any atom is 0.336 e. The first-order valence-electron chi connectivity index (χ1n) is 9.83. The minimum Gasteiger partial charge on any atom is -0.478 e. The van der Waals surface area contributed by atoms with E-state index in [0.717, 1.165) is 24.3 Å². The molecule has 186 valence electrons. The summed E-state index contributed by atoms with van der Waals surface area (Å²) in [6, 6.07) is 8.23. The van der Waals surface area contributed by atoms with Gasteiger partial charge in [0.05, 0.1) is 10.9 Å². The number of fused-ring (bicyclic) bond motifs is 2. The van der Waals surface area contributed by atoms with Crippen molar-refractivity contribution in [2.75, 3.05) is 0 Å². The summed E-state index contributed by atoms with van der Waals surface area (Å²) in [4.78, 5) is 22.2. The smallest absolute Gasteiger partial charge is 0.336 e. The number of primary amides is 1. The highest BCUT2D eigenvalue weighted by Gasteiger charge is 2.31. The van der Waals surface area contributed by atoms with Crippen LogP contribution in [-0.4, -0.2) is 42.9 Å². The second-order valence-electron chi connectivity index (χ2n) is 7.76. The molecular formula is C22H16N2O10S2. The number of aryl methyl sites for hydroxylation is 1. The van der Waals surface area contributed by atoms with Crippen molar-refractivity contribution in [3.8, 4) is 22.5 Å². The van der Waals surface area contributed by atoms with Crippen molar-refractivity contribution in [3.63, 3.8) is 0 Å². The second kappa shape index (κ2) is 8.23. The molecule has 0 radical (unpaired) electrons. The monoisotopic (exact) mass is 532 g/mol. The average molecular weight is 533 g/mol. The molecule has 0 atom stereocenters. The van der Waals surface area contributed by atoms with Gasteiger partial charge in [0.15, 0.2) is 16.2 Å². The van der Waals surface area contributed by atoms with E-state index in [0.29, 0.717) is 0 Å². The lowest BCUT2D eigenvalue weighted by Gasteiger charge is -2.20. The van der Waals surface area contributed by atoms with Gasteiger partial charge in [-0.25, -0.2) is 4.79 Å². The number of carboxylic acid groups (broad SMARTS) is 1. The van der Waals surface area contributed by atoms with E-state index in [1.54, 1.807) is 0 Å². The van der Waals surface area contributed by atoms with Crippen LogP contribution in [0.2, 0.25) is 0 Å². The molecule has 14 heteroatoms. The molecule has 2 aliphatic rings. The van der Waals surface area contributed by atoms with E-state index in [4.69, 9.17) is 15.6 Å². The van der Waals surface area contributed by atoms with Crippen LogP contribution in [0.25, 0.3) is 33.4 Å². The molecule has 36 heavy (non-hydrogen) atoms. The molecule has 2 aromatic rings. The number of nitrogens with two attached hydrogens (primary N) is 1. The van der Waals surface area contributed by atoms with Crippen molar-refractivity contribution >= 4 is 43.1 Å². The highest BCUT2D eigenvalue weighted by molar-refractivity contribution is 7.86. The Morgan fingerprint density at radius 2 is 1.56 bits per heavy atom. The number of rotatable bonds is 5. The first-order chi connectivity index (χ1) is 16.6. The largest absolute Gasteiger partial charge is 0.478 e. The Kier molecular flexibility index (Phi) is 5.72. The highest BCUT2D eigenvalue weighted by atomic mass is 32.2. The van der Waals surface area contributed by atoms with Gasteiger partial charge in [-0.15, -0.1) is 0 Å². The Bertz CT molecular complexity index is 1870. The highest BCUT2D eigenvalue weighted by Crippen LogP contribution is 2.45. The minimum absolute atomic E-state index is 0.00108. The van der Waals surface area contributed by atoms with E-state index in [1.165, 1.54) is 25.1 Å². The molecule has 0 unspecified atom stereocenters. The van der Waals surface area contributed by atoms with Crippen LogP contribution in [0.15, 0.2) is 56.7 Å². The third-order valence-corrected chi connectivity index (χ3v) is 7.43. The number of nitrogens with one attached hydrogen (secondary N) is 1. The Morgan fingerprint density at radius 3 is 2.11 bits per heavy atom. The van der Waals surface area contributed by atoms with E-state index in [2.05, 4.69) is 0 Å². The number of carboxylic acids is 1. The van der Waals surface area contributed by atoms with Crippen LogP contribution in [0.5, 0.6) is 0 Å². The number of carbonyl (C=O) groups excluding carboxylic acids is 1. The standard InChI is InChI=1S/C22H16N2O10S2/c1-9-2-4-12-16(14-8-10(21(24)25)3-5-11(14)22(26)27)13-6-7-15(23)20(36(31,32)33)18(13)34-17(12)19(9)35(28,29)30/h2-8,23H,1H3,(H2,24,25)(H,26,27)(H,28,29,30)(H,31,32,33). The van der Waals surface area contributed by atoms with Gasteiger partial charge in [0, 0.05) is 22.1 Å². The summed E-state index contributed by atoms with van der Waals surface area (Å²) in [6.45, 7) is 1.32. The minimum atomic E-state index is -5.12. The van der Waals surface area contributed by atoms with E-state index < -0.39 is 58.6 Å². The lowest BCUT2D eigenvalue weighted by Crippen LogP contribution is -2.17. The normalized spacial score (nSPS) is 12.2. The van der Waals surface area contributed by atoms with Crippen LogP contribution in [0.4, 0.5) is 0 Å². The van der Waals surface area contributed by atoms with Crippen molar-refractivity contribution in [1.82, 2.24) is 0 Å². The molecule has 6 N–H and O–H groups in total. The fraction of sp³-hybridized carbons (Fsp3) is 0.0455. The van der Waals surface area contributed by atoms with Gasteiger partial charge in [0.2, 0.25) is 5.91 Å². The summed E-state index contributed by atoms with van der Waals surface area (Å²) < 4.78 is 74.2. The lowest BCUT2D eigenvalue weighted by atomic mass is 9.89. The van der Waals surface area contributed by atoms with Gasteiger partial charge in [0.1, 0.15) is 4.90 Å². The Labute approximate surface area is 203 Å². The molecular weight excluding hydrogens is 516 g/mol. The average Bonchev–Trinajstić information content (AvgIpc) is 2.74. The van der Waals surface area contributed by atoms with E-state index in [-0.39, 0.29) is 38.8 Å². The first kappa shape index (κ1) is 25.0. The van der Waals surface area contributed by atoms with E-state index >= 15 is 0 Å². The number of aromatic carboxylic acids is 1. The zero-order valence-electron chi connectivity index (χ0n) is 18.1. The molecule has 1 heterocycles. The summed E-state index contributed by atoms with van der Waals surface area (Å²) in [5.41, 5.74) is 3.88. The predicted octanol–water partition coefficient (Wildman–Crippen LogP) is 2.28. The Morgan fingerprint density at radius 1 is 0.917 bits per heavy atom. The van der Waals surface area contributed by atoms with Crippen LogP contribution in [-0.2, 0) is 20.2 Å². The first-order valence-corrected chi connectivity index (χ1v) is 12.7. The van der Waals surface area contributed by atoms with Crippen LogP contribution in [0.3, 0.4) is 0 Å². The van der Waals surface area contributed by atoms with E-state index in [9.17, 15) is 40.6 Å². The number of hydrogen-bond acceptors (Lipinski definition) is 8. The number of amides is 1. The summed E-state index contributed by atoms with van der Waals surface area (Å²) in [6.07, 6.45) is 0.